The van der Waals surface area contributed by atoms with Gasteiger partial charge in [0.2, 0.25) is 0 Å². The van der Waals surface area contributed by atoms with E-state index in [-0.39, 0.29) is 12.4 Å². The Morgan fingerprint density at radius 1 is 1.47 bits per heavy atom. The lowest BCUT2D eigenvalue weighted by Gasteiger charge is -2.06. The van der Waals surface area contributed by atoms with Crippen molar-refractivity contribution in [1.29, 1.82) is 0 Å². The first-order valence-corrected chi connectivity index (χ1v) is 6.02. The molecule has 0 amide bonds. The molecule has 0 aliphatic carbocycles. The highest BCUT2D eigenvalue weighted by atomic mass is 79.9. The van der Waals surface area contributed by atoms with E-state index in [1.165, 1.54) is 0 Å². The summed E-state index contributed by atoms with van der Waals surface area (Å²) in [6, 6.07) is 3.60. The van der Waals surface area contributed by atoms with Crippen LogP contribution < -0.4 is 5.73 Å². The first-order valence-electron chi connectivity index (χ1n) is 4.43. The van der Waals surface area contributed by atoms with Crippen molar-refractivity contribution in [2.45, 2.75) is 13.3 Å². The number of hydrogen-bond donors (Lipinski definition) is 1. The maximum Gasteiger partial charge on any atom is 0.310 e. The average Bonchev–Trinajstić information content (AvgIpc) is 2.14. The highest BCUT2D eigenvalue weighted by Gasteiger charge is 2.08. The number of hydrogen-bond acceptors (Lipinski definition) is 3. The van der Waals surface area contributed by atoms with Gasteiger partial charge in [0, 0.05) is 10.2 Å². The molecule has 0 fully saturated rings. The summed E-state index contributed by atoms with van der Waals surface area (Å²) in [5.41, 5.74) is 7.18. The Balaban J connectivity index is 2.83. The van der Waals surface area contributed by atoms with Gasteiger partial charge in [-0.15, -0.1) is 0 Å². The van der Waals surface area contributed by atoms with Gasteiger partial charge in [-0.1, -0.05) is 0 Å². The van der Waals surface area contributed by atoms with Crippen molar-refractivity contribution in [2.75, 3.05) is 12.3 Å². The molecule has 0 aromatic heterocycles. The molecule has 1 aromatic rings. The lowest BCUT2D eigenvalue weighted by molar-refractivity contribution is -0.142. The van der Waals surface area contributed by atoms with Crippen LogP contribution in [0.2, 0.25) is 0 Å². The van der Waals surface area contributed by atoms with E-state index in [0.29, 0.717) is 12.3 Å². The van der Waals surface area contributed by atoms with Crippen LogP contribution in [0.15, 0.2) is 21.1 Å². The van der Waals surface area contributed by atoms with Gasteiger partial charge in [-0.2, -0.15) is 0 Å². The number of rotatable bonds is 3. The number of nitrogens with two attached hydrogens (primary N) is 1. The zero-order valence-corrected chi connectivity index (χ0v) is 11.4. The summed E-state index contributed by atoms with van der Waals surface area (Å²) in [6.45, 7) is 2.18. The molecule has 2 N–H and O–H groups in total. The Morgan fingerprint density at radius 2 is 2.13 bits per heavy atom. The zero-order chi connectivity index (χ0) is 11.4. The number of carbonyl (C=O) groups is 1. The van der Waals surface area contributed by atoms with Crippen LogP contribution in [0.4, 0.5) is 5.69 Å². The summed E-state index contributed by atoms with van der Waals surface area (Å²) in [5.74, 6) is -0.244. The minimum absolute atomic E-state index is 0.240. The fraction of sp³-hybridized carbons (Fsp3) is 0.300. The standard InChI is InChI=1S/C10H11Br2NO2/c1-2-15-9(14)5-6-3-7(11)10(12)8(13)4-6/h3-4H,2,5,13H2,1H3. The van der Waals surface area contributed by atoms with Crippen LogP contribution in [0.3, 0.4) is 0 Å². The van der Waals surface area contributed by atoms with Crippen molar-refractivity contribution in [3.05, 3.63) is 26.6 Å². The van der Waals surface area contributed by atoms with E-state index in [0.717, 1.165) is 14.5 Å². The molecule has 0 radical (unpaired) electrons. The first kappa shape index (κ1) is 12.5. The maximum atomic E-state index is 11.2. The van der Waals surface area contributed by atoms with Crippen molar-refractivity contribution < 1.29 is 9.53 Å². The van der Waals surface area contributed by atoms with Crippen molar-refractivity contribution >= 4 is 43.5 Å². The monoisotopic (exact) mass is 335 g/mol. The van der Waals surface area contributed by atoms with E-state index in [1.807, 2.05) is 6.07 Å². The van der Waals surface area contributed by atoms with Crippen LogP contribution in [-0.4, -0.2) is 12.6 Å². The molecule has 0 atom stereocenters. The van der Waals surface area contributed by atoms with Crippen molar-refractivity contribution in [1.82, 2.24) is 0 Å². The van der Waals surface area contributed by atoms with Gasteiger partial charge in [-0.25, -0.2) is 0 Å². The lowest BCUT2D eigenvalue weighted by Crippen LogP contribution is -2.07. The molecule has 3 nitrogen and oxygen atoms in total. The second kappa shape index (κ2) is 5.51. The molecule has 0 unspecified atom stereocenters. The molecular weight excluding hydrogens is 326 g/mol. The van der Waals surface area contributed by atoms with Crippen molar-refractivity contribution in [3.63, 3.8) is 0 Å². The summed E-state index contributed by atoms with van der Waals surface area (Å²) >= 11 is 6.67. The van der Waals surface area contributed by atoms with E-state index in [1.54, 1.807) is 13.0 Å². The average molecular weight is 337 g/mol. The molecule has 0 bridgehead atoms. The number of anilines is 1. The smallest absolute Gasteiger partial charge is 0.310 e. The van der Waals surface area contributed by atoms with E-state index in [9.17, 15) is 4.79 Å². The second-order valence-electron chi connectivity index (χ2n) is 2.96. The van der Waals surface area contributed by atoms with Crippen molar-refractivity contribution in [2.24, 2.45) is 0 Å². The molecule has 1 aromatic carbocycles. The maximum absolute atomic E-state index is 11.2. The molecule has 1 rings (SSSR count). The summed E-state index contributed by atoms with van der Waals surface area (Å²) in [6.07, 6.45) is 0.240. The Hall–Kier alpha value is -0.550. The number of halogens is 2. The van der Waals surface area contributed by atoms with Crippen LogP contribution in [0.5, 0.6) is 0 Å². The molecule has 0 spiro atoms. The van der Waals surface area contributed by atoms with Crippen LogP contribution >= 0.6 is 31.9 Å². The van der Waals surface area contributed by atoms with Gasteiger partial charge < -0.3 is 10.5 Å². The zero-order valence-electron chi connectivity index (χ0n) is 8.22. The van der Waals surface area contributed by atoms with Gasteiger partial charge in [0.05, 0.1) is 17.5 Å². The van der Waals surface area contributed by atoms with E-state index in [2.05, 4.69) is 31.9 Å². The van der Waals surface area contributed by atoms with Gasteiger partial charge in [-0.3, -0.25) is 4.79 Å². The second-order valence-corrected chi connectivity index (χ2v) is 4.61. The fourth-order valence-corrected chi connectivity index (χ4v) is 1.90. The number of carbonyl (C=O) groups excluding carboxylic acids is 1. The molecule has 0 saturated carbocycles. The van der Waals surface area contributed by atoms with Gasteiger partial charge in [-0.05, 0) is 56.5 Å². The first-order chi connectivity index (χ1) is 7.04. The molecule has 0 aliphatic heterocycles. The summed E-state index contributed by atoms with van der Waals surface area (Å²) in [5, 5.41) is 0. The molecule has 15 heavy (non-hydrogen) atoms. The molecule has 5 heteroatoms. The lowest BCUT2D eigenvalue weighted by atomic mass is 10.1. The van der Waals surface area contributed by atoms with Gasteiger partial charge >= 0.3 is 5.97 Å². The minimum atomic E-state index is -0.244. The Morgan fingerprint density at radius 3 is 2.67 bits per heavy atom. The third-order valence-corrected chi connectivity index (χ3v) is 3.81. The largest absolute Gasteiger partial charge is 0.466 e. The quantitative estimate of drug-likeness (QED) is 0.682. The van der Waals surface area contributed by atoms with Crippen LogP contribution in [0, 0.1) is 0 Å². The summed E-state index contributed by atoms with van der Waals surface area (Å²) in [7, 11) is 0. The highest BCUT2D eigenvalue weighted by Crippen LogP contribution is 2.30. The highest BCUT2D eigenvalue weighted by molar-refractivity contribution is 9.13. The fourth-order valence-electron chi connectivity index (χ4n) is 1.15. The topological polar surface area (TPSA) is 52.3 Å². The molecule has 0 saturated heterocycles. The third-order valence-electron chi connectivity index (χ3n) is 1.77. The predicted molar refractivity (Wildman–Crippen MR) is 66.6 cm³/mol. The van der Waals surface area contributed by atoms with Crippen molar-refractivity contribution in [3.8, 4) is 0 Å². The predicted octanol–water partition coefficient (Wildman–Crippen LogP) is 2.90. The normalized spacial score (nSPS) is 10.1. The van der Waals surface area contributed by atoms with Gasteiger partial charge in [0.1, 0.15) is 0 Å². The Bertz CT molecular complexity index is 357. The number of ether oxygens (including phenoxy) is 1. The molecule has 0 aliphatic rings. The SMILES string of the molecule is CCOC(=O)Cc1cc(N)c(Br)c(Br)c1. The Labute approximate surface area is 105 Å². The van der Waals surface area contributed by atoms with Crippen LogP contribution in [0.25, 0.3) is 0 Å². The number of nitrogen functional groups attached to an aromatic ring is 1. The number of esters is 1. The van der Waals surface area contributed by atoms with Gasteiger partial charge in [0.15, 0.2) is 0 Å². The van der Waals surface area contributed by atoms with Gasteiger partial charge in [0.25, 0.3) is 0 Å². The minimum Gasteiger partial charge on any atom is -0.466 e. The summed E-state index contributed by atoms with van der Waals surface area (Å²) in [4.78, 5) is 11.2. The molecule has 82 valence electrons. The summed E-state index contributed by atoms with van der Waals surface area (Å²) < 4.78 is 6.49. The van der Waals surface area contributed by atoms with E-state index < -0.39 is 0 Å². The molecular formula is C10H11Br2NO2. The van der Waals surface area contributed by atoms with E-state index >= 15 is 0 Å². The van der Waals surface area contributed by atoms with E-state index in [4.69, 9.17) is 10.5 Å². The number of benzene rings is 1. The van der Waals surface area contributed by atoms with Crippen LogP contribution in [-0.2, 0) is 16.0 Å². The Kier molecular flexibility index (Phi) is 4.60. The molecule has 0 heterocycles. The van der Waals surface area contributed by atoms with Crippen LogP contribution in [0.1, 0.15) is 12.5 Å². The third kappa shape index (κ3) is 3.50.